The van der Waals surface area contributed by atoms with E-state index in [1.807, 2.05) is 6.07 Å². The molecule has 16 heavy (non-hydrogen) atoms. The lowest BCUT2D eigenvalue weighted by atomic mass is 9.99. The summed E-state index contributed by atoms with van der Waals surface area (Å²) in [4.78, 5) is 0. The maximum absolute atomic E-state index is 5.38. The predicted octanol–water partition coefficient (Wildman–Crippen LogP) is -0.786. The van der Waals surface area contributed by atoms with E-state index in [1.54, 1.807) is 6.26 Å². The molecule has 94 valence electrons. The summed E-state index contributed by atoms with van der Waals surface area (Å²) in [6.45, 7) is 10.2. The van der Waals surface area contributed by atoms with E-state index in [0.29, 0.717) is 5.54 Å². The lowest BCUT2D eigenvalue weighted by Gasteiger charge is -2.20. The van der Waals surface area contributed by atoms with Gasteiger partial charge >= 0.3 is 0 Å². The summed E-state index contributed by atoms with van der Waals surface area (Å²) in [7, 11) is 0. The van der Waals surface area contributed by atoms with Gasteiger partial charge in [0, 0.05) is 12.3 Å². The van der Waals surface area contributed by atoms with E-state index in [9.17, 15) is 0 Å². The van der Waals surface area contributed by atoms with Crippen molar-refractivity contribution >= 4 is 0 Å². The molecule has 0 aliphatic carbocycles. The number of hydrogen-bond donors (Lipinski definition) is 1. The lowest BCUT2D eigenvalue weighted by molar-refractivity contribution is -0.721. The maximum Gasteiger partial charge on any atom is 0.104 e. The van der Waals surface area contributed by atoms with E-state index < -0.39 is 0 Å². The molecule has 1 rings (SSSR count). The Hall–Kier alpha value is -0.0300. The normalized spacial score (nSPS) is 13.2. The van der Waals surface area contributed by atoms with Crippen LogP contribution in [0.5, 0.6) is 0 Å². The molecule has 0 amide bonds. The summed E-state index contributed by atoms with van der Waals surface area (Å²) in [6, 6.07) is 4.04. The molecule has 1 heterocycles. The average molecular weight is 337 g/mol. The van der Waals surface area contributed by atoms with Gasteiger partial charge in [0.1, 0.15) is 5.76 Å². The van der Waals surface area contributed by atoms with Crippen molar-refractivity contribution in [1.82, 2.24) is 0 Å². The highest BCUT2D eigenvalue weighted by Gasteiger charge is 2.17. The van der Waals surface area contributed by atoms with Crippen LogP contribution >= 0.6 is 0 Å². The molecule has 0 aromatic carbocycles. The molecule has 0 spiro atoms. The summed E-state index contributed by atoms with van der Waals surface area (Å²) in [5.74, 6) is 1.83. The number of nitrogens with two attached hydrogens (primary N) is 1. The quantitative estimate of drug-likeness (QED) is 0.702. The lowest BCUT2D eigenvalue weighted by Crippen LogP contribution is -3.00. The van der Waals surface area contributed by atoms with Gasteiger partial charge in [-0.3, -0.25) is 0 Å². The fourth-order valence-electron chi connectivity index (χ4n) is 1.63. The van der Waals surface area contributed by atoms with Crippen LogP contribution < -0.4 is 29.3 Å². The number of rotatable bonds is 5. The van der Waals surface area contributed by atoms with Gasteiger partial charge in [-0.25, -0.2) is 0 Å². The number of quaternary nitrogens is 1. The van der Waals surface area contributed by atoms with E-state index >= 15 is 0 Å². The summed E-state index contributed by atoms with van der Waals surface area (Å²) in [5.41, 5.74) is 0.330. The molecule has 3 heteroatoms. The zero-order valence-electron chi connectivity index (χ0n) is 10.8. The van der Waals surface area contributed by atoms with E-state index in [4.69, 9.17) is 4.42 Å². The first kappa shape index (κ1) is 16.0. The smallest absolute Gasteiger partial charge is 0.104 e. The molecule has 0 fully saturated rings. The second-order valence-electron chi connectivity index (χ2n) is 5.36. The van der Waals surface area contributed by atoms with Crippen molar-refractivity contribution < 1.29 is 33.7 Å². The Morgan fingerprint density at radius 3 is 2.50 bits per heavy atom. The van der Waals surface area contributed by atoms with Gasteiger partial charge in [0.05, 0.1) is 18.3 Å². The average Bonchev–Trinajstić information content (AvgIpc) is 2.63. The van der Waals surface area contributed by atoms with Crippen molar-refractivity contribution in [2.75, 3.05) is 6.54 Å². The molecule has 1 aromatic heterocycles. The van der Waals surface area contributed by atoms with Crippen LogP contribution in [0.15, 0.2) is 22.8 Å². The minimum Gasteiger partial charge on any atom is -1.00 e. The molecule has 1 unspecified atom stereocenters. The van der Waals surface area contributed by atoms with Gasteiger partial charge < -0.3 is 33.7 Å². The Kier molecular flexibility index (Phi) is 7.31. The maximum atomic E-state index is 5.38. The van der Waals surface area contributed by atoms with E-state index in [2.05, 4.69) is 39.1 Å². The second-order valence-corrected chi connectivity index (χ2v) is 5.36. The molecule has 1 atom stereocenters. The monoisotopic (exact) mass is 337 g/mol. The minimum absolute atomic E-state index is 0. The second kappa shape index (κ2) is 7.33. The van der Waals surface area contributed by atoms with Crippen molar-refractivity contribution in [1.29, 1.82) is 0 Å². The number of halogens is 1. The first-order valence-electron chi connectivity index (χ1n) is 5.88. The number of hydrogen-bond acceptors (Lipinski definition) is 1. The van der Waals surface area contributed by atoms with Gasteiger partial charge in [-0.2, -0.15) is 0 Å². The molecule has 0 saturated carbocycles. The van der Waals surface area contributed by atoms with Crippen LogP contribution in [0.3, 0.4) is 0 Å². The molecule has 2 N–H and O–H groups in total. The van der Waals surface area contributed by atoms with Crippen LogP contribution in [-0.2, 0) is 6.42 Å². The van der Waals surface area contributed by atoms with Gasteiger partial charge in [-0.05, 0) is 39.3 Å². The fraction of sp³-hybridized carbons (Fsp3) is 0.692. The van der Waals surface area contributed by atoms with Gasteiger partial charge in [0.25, 0.3) is 0 Å². The topological polar surface area (TPSA) is 29.8 Å². The summed E-state index contributed by atoms with van der Waals surface area (Å²) in [6.07, 6.45) is 4.04. The predicted molar refractivity (Wildman–Crippen MR) is 62.7 cm³/mol. The molecule has 0 radical (unpaired) electrons. The van der Waals surface area contributed by atoms with Gasteiger partial charge in [0.15, 0.2) is 0 Å². The Labute approximate surface area is 116 Å². The van der Waals surface area contributed by atoms with Crippen molar-refractivity contribution in [3.05, 3.63) is 24.2 Å². The van der Waals surface area contributed by atoms with Crippen LogP contribution in [-0.4, -0.2) is 12.1 Å². The third-order valence-electron chi connectivity index (χ3n) is 2.71. The van der Waals surface area contributed by atoms with Gasteiger partial charge in [-0.15, -0.1) is 0 Å². The molecular formula is C13H24INO. The Bertz CT molecular complexity index is 264. The van der Waals surface area contributed by atoms with E-state index in [0.717, 1.165) is 18.1 Å². The van der Waals surface area contributed by atoms with Crippen molar-refractivity contribution in [3.8, 4) is 0 Å². The highest BCUT2D eigenvalue weighted by atomic mass is 127. The minimum atomic E-state index is 0. The van der Waals surface area contributed by atoms with Crippen molar-refractivity contribution in [3.63, 3.8) is 0 Å². The van der Waals surface area contributed by atoms with Crippen LogP contribution in [0.1, 0.15) is 39.9 Å². The molecule has 0 aliphatic rings. The van der Waals surface area contributed by atoms with E-state index in [1.165, 1.54) is 13.0 Å². The molecule has 0 bridgehead atoms. The summed E-state index contributed by atoms with van der Waals surface area (Å²) < 4.78 is 5.38. The highest BCUT2D eigenvalue weighted by molar-refractivity contribution is 4.99. The Morgan fingerprint density at radius 1 is 1.38 bits per heavy atom. The zero-order valence-corrected chi connectivity index (χ0v) is 13.0. The first-order chi connectivity index (χ1) is 7.01. The molecular weight excluding hydrogens is 313 g/mol. The molecule has 2 nitrogen and oxygen atoms in total. The molecule has 1 aromatic rings. The van der Waals surface area contributed by atoms with E-state index in [-0.39, 0.29) is 24.0 Å². The summed E-state index contributed by atoms with van der Waals surface area (Å²) in [5, 5.41) is 2.42. The van der Waals surface area contributed by atoms with Crippen molar-refractivity contribution in [2.24, 2.45) is 5.92 Å². The third-order valence-corrected chi connectivity index (χ3v) is 2.71. The van der Waals surface area contributed by atoms with Gasteiger partial charge in [-0.1, -0.05) is 6.92 Å². The molecule has 0 aliphatic heterocycles. The Morgan fingerprint density at radius 2 is 2.06 bits per heavy atom. The SMILES string of the molecule is CCC(C[NH2+]C(C)(C)C)Cc1ccco1.[I-]. The summed E-state index contributed by atoms with van der Waals surface area (Å²) >= 11 is 0. The van der Waals surface area contributed by atoms with Gasteiger partial charge in [0.2, 0.25) is 0 Å². The highest BCUT2D eigenvalue weighted by Crippen LogP contribution is 2.11. The van der Waals surface area contributed by atoms with Crippen LogP contribution in [0.25, 0.3) is 0 Å². The Balaban J connectivity index is 0.00000225. The zero-order chi connectivity index (χ0) is 11.3. The third kappa shape index (κ3) is 6.53. The largest absolute Gasteiger partial charge is 1.00 e. The van der Waals surface area contributed by atoms with Crippen LogP contribution in [0.4, 0.5) is 0 Å². The van der Waals surface area contributed by atoms with Crippen molar-refractivity contribution in [2.45, 2.75) is 46.1 Å². The number of furan rings is 1. The molecule has 0 saturated heterocycles. The van der Waals surface area contributed by atoms with Crippen LogP contribution in [0.2, 0.25) is 0 Å². The first-order valence-corrected chi connectivity index (χ1v) is 5.88. The van der Waals surface area contributed by atoms with Crippen LogP contribution in [0, 0.1) is 5.92 Å². The standard InChI is InChI=1S/C13H23NO.HI/c1-5-11(10-14-13(2,3)4)9-12-7-6-8-15-12;/h6-8,11,14H,5,9-10H2,1-4H3;1H. The fourth-order valence-corrected chi connectivity index (χ4v) is 1.63.